The third-order valence-electron chi connectivity index (χ3n) is 6.09. The van der Waals surface area contributed by atoms with Gasteiger partial charge in [0.15, 0.2) is 0 Å². The Kier molecular flexibility index (Phi) is 7.57. The minimum Gasteiger partial charge on any atom is -0.373 e. The van der Waals surface area contributed by atoms with Crippen molar-refractivity contribution in [2.75, 3.05) is 0 Å². The third-order valence-corrected chi connectivity index (χ3v) is 8.53. The van der Waals surface area contributed by atoms with E-state index in [9.17, 15) is 8.42 Å². The molecule has 3 aromatic carbocycles. The number of nitrogens with one attached hydrogen (secondary N) is 1. The van der Waals surface area contributed by atoms with E-state index in [-0.39, 0.29) is 0 Å². The molecule has 0 unspecified atom stereocenters. The maximum Gasteiger partial charge on any atom is 0.202 e. The highest BCUT2D eigenvalue weighted by molar-refractivity contribution is 7.92. The van der Waals surface area contributed by atoms with Crippen molar-refractivity contribution < 1.29 is 8.42 Å². The summed E-state index contributed by atoms with van der Waals surface area (Å²) in [5.74, 6) is 0. The number of sulfone groups is 1. The first-order chi connectivity index (χ1) is 15.3. The van der Waals surface area contributed by atoms with Gasteiger partial charge < -0.3 is 5.32 Å². The number of hydrogen-bond donors (Lipinski definition) is 1. The smallest absolute Gasteiger partial charge is 0.202 e. The first kappa shape index (κ1) is 23.8. The van der Waals surface area contributed by atoms with E-state index in [1.807, 2.05) is 19.1 Å². The number of benzene rings is 3. The van der Waals surface area contributed by atoms with Gasteiger partial charge in [-0.25, -0.2) is 8.42 Å². The van der Waals surface area contributed by atoms with Gasteiger partial charge in [0.1, 0.15) is 4.87 Å². The van der Waals surface area contributed by atoms with E-state index >= 15 is 0 Å². The first-order valence-corrected chi connectivity index (χ1v) is 12.5. The third kappa shape index (κ3) is 5.49. The highest BCUT2D eigenvalue weighted by Crippen LogP contribution is 2.33. The molecule has 0 saturated carbocycles. The molecule has 0 fully saturated rings. The molecule has 0 heterocycles. The van der Waals surface area contributed by atoms with Gasteiger partial charge in [-0.1, -0.05) is 83.9 Å². The molecule has 0 bridgehead atoms. The molecule has 0 aliphatic rings. The highest BCUT2D eigenvalue weighted by Gasteiger charge is 2.43. The predicted octanol–water partition coefficient (Wildman–Crippen LogP) is 6.08. The van der Waals surface area contributed by atoms with Crippen molar-refractivity contribution in [3.8, 4) is 0 Å². The topological polar surface area (TPSA) is 46.2 Å². The molecule has 32 heavy (non-hydrogen) atoms. The summed E-state index contributed by atoms with van der Waals surface area (Å²) in [6.07, 6.45) is 3.73. The van der Waals surface area contributed by atoms with Crippen LogP contribution in [0, 0.1) is 20.8 Å². The van der Waals surface area contributed by atoms with Gasteiger partial charge in [0, 0.05) is 0 Å². The summed E-state index contributed by atoms with van der Waals surface area (Å²) in [4.78, 5) is -0.815. The zero-order chi connectivity index (χ0) is 23.2. The number of hydrogen-bond acceptors (Lipinski definition) is 3. The molecule has 0 saturated heterocycles. The Morgan fingerprint density at radius 1 is 0.719 bits per heavy atom. The second-order valence-corrected chi connectivity index (χ2v) is 10.9. The van der Waals surface area contributed by atoms with Crippen LogP contribution in [0.5, 0.6) is 0 Å². The molecule has 3 rings (SSSR count). The van der Waals surface area contributed by atoms with Crippen molar-refractivity contribution >= 4 is 9.84 Å². The van der Waals surface area contributed by atoms with Crippen LogP contribution in [0.3, 0.4) is 0 Å². The molecule has 0 aliphatic carbocycles. The molecule has 1 N–H and O–H groups in total. The Morgan fingerprint density at radius 2 is 1.09 bits per heavy atom. The van der Waals surface area contributed by atoms with Gasteiger partial charge >= 0.3 is 0 Å². The standard InChI is InChI=1S/C28H33NO2S/c1-5-29-28(20-18-25-12-6-22(2)7-13-25,21-19-26-14-8-23(3)9-15-26)32(30,31)27-16-10-24(4)11-17-27/h5-17,29H,1,18-21H2,2-4H3. The molecule has 0 atom stereocenters. The van der Waals surface area contributed by atoms with Crippen molar-refractivity contribution in [2.45, 2.75) is 56.2 Å². The molecule has 0 aliphatic heterocycles. The summed E-state index contributed by atoms with van der Waals surface area (Å²) < 4.78 is 28.0. The van der Waals surface area contributed by atoms with Gasteiger partial charge in [-0.15, -0.1) is 0 Å². The normalized spacial score (nSPS) is 11.8. The van der Waals surface area contributed by atoms with E-state index in [1.165, 1.54) is 17.3 Å². The van der Waals surface area contributed by atoms with Crippen molar-refractivity contribution in [3.05, 3.63) is 113 Å². The lowest BCUT2D eigenvalue weighted by Crippen LogP contribution is -2.50. The Balaban J connectivity index is 1.98. The molecule has 3 nitrogen and oxygen atoms in total. The first-order valence-electron chi connectivity index (χ1n) is 11.1. The van der Waals surface area contributed by atoms with Gasteiger partial charge in [0.2, 0.25) is 9.84 Å². The van der Waals surface area contributed by atoms with Crippen molar-refractivity contribution in [2.24, 2.45) is 0 Å². The summed E-state index contributed by atoms with van der Waals surface area (Å²) in [5.41, 5.74) is 5.66. The van der Waals surface area contributed by atoms with Crippen molar-refractivity contribution in [1.82, 2.24) is 5.32 Å². The summed E-state index contributed by atoms with van der Waals surface area (Å²) in [6, 6.07) is 23.7. The number of rotatable bonds is 10. The zero-order valence-electron chi connectivity index (χ0n) is 19.3. The minimum absolute atomic E-state index is 0.338. The maximum atomic E-state index is 14.0. The largest absolute Gasteiger partial charge is 0.373 e. The average molecular weight is 448 g/mol. The second kappa shape index (κ2) is 10.2. The van der Waals surface area contributed by atoms with Crippen LogP contribution >= 0.6 is 0 Å². The summed E-state index contributed by atoms with van der Waals surface area (Å²) in [6.45, 7) is 9.89. The van der Waals surface area contributed by atoms with Crippen LogP contribution in [0.25, 0.3) is 0 Å². The monoisotopic (exact) mass is 447 g/mol. The van der Waals surface area contributed by atoms with E-state index in [1.54, 1.807) is 12.1 Å². The molecule has 0 aromatic heterocycles. The lowest BCUT2D eigenvalue weighted by atomic mass is 9.97. The Bertz CT molecular complexity index is 1080. The van der Waals surface area contributed by atoms with Crippen molar-refractivity contribution in [3.63, 3.8) is 0 Å². The Labute approximate surface area is 193 Å². The Hall–Kier alpha value is -2.85. The molecular weight excluding hydrogens is 414 g/mol. The van der Waals surface area contributed by atoms with Crippen LogP contribution in [0.2, 0.25) is 0 Å². The minimum atomic E-state index is -3.68. The van der Waals surface area contributed by atoms with Crippen LogP contribution in [-0.4, -0.2) is 13.3 Å². The van der Waals surface area contributed by atoms with E-state index in [0.717, 1.165) is 16.7 Å². The van der Waals surface area contributed by atoms with Gasteiger partial charge in [-0.2, -0.15) is 0 Å². The highest BCUT2D eigenvalue weighted by atomic mass is 32.2. The fourth-order valence-corrected chi connectivity index (χ4v) is 5.87. The van der Waals surface area contributed by atoms with Crippen LogP contribution < -0.4 is 5.32 Å². The van der Waals surface area contributed by atoms with Crippen LogP contribution in [0.15, 0.2) is 90.5 Å². The van der Waals surface area contributed by atoms with Gasteiger partial charge in [-0.05, 0) is 75.9 Å². The fourth-order valence-electron chi connectivity index (χ4n) is 3.95. The van der Waals surface area contributed by atoms with Gasteiger partial charge in [-0.3, -0.25) is 0 Å². The quantitative estimate of drug-likeness (QED) is 0.410. The molecule has 0 spiro atoms. The van der Waals surface area contributed by atoms with E-state index in [2.05, 4.69) is 74.3 Å². The molecule has 3 aromatic rings. The van der Waals surface area contributed by atoms with E-state index in [0.29, 0.717) is 30.6 Å². The average Bonchev–Trinajstić information content (AvgIpc) is 2.78. The van der Waals surface area contributed by atoms with E-state index in [4.69, 9.17) is 0 Å². The lowest BCUT2D eigenvalue weighted by molar-refractivity contribution is 0.415. The zero-order valence-corrected chi connectivity index (χ0v) is 20.1. The van der Waals surface area contributed by atoms with Gasteiger partial charge in [0.25, 0.3) is 0 Å². The van der Waals surface area contributed by atoms with Gasteiger partial charge in [0.05, 0.1) is 4.90 Å². The van der Waals surface area contributed by atoms with Crippen molar-refractivity contribution in [1.29, 1.82) is 0 Å². The second-order valence-electron chi connectivity index (χ2n) is 8.63. The maximum absolute atomic E-state index is 14.0. The molecule has 0 amide bonds. The fraction of sp³-hybridized carbons (Fsp3) is 0.286. The SMILES string of the molecule is C=CNC(CCc1ccc(C)cc1)(CCc1ccc(C)cc1)S(=O)(=O)c1ccc(C)cc1. The molecular formula is C28H33NO2S. The summed E-state index contributed by atoms with van der Waals surface area (Å²) in [5, 5.41) is 3.19. The predicted molar refractivity (Wildman–Crippen MR) is 133 cm³/mol. The van der Waals surface area contributed by atoms with Crippen LogP contribution in [0.4, 0.5) is 0 Å². The molecule has 4 heteroatoms. The molecule has 168 valence electrons. The lowest BCUT2D eigenvalue weighted by Gasteiger charge is -2.34. The Morgan fingerprint density at radius 3 is 1.47 bits per heavy atom. The summed E-state index contributed by atoms with van der Waals surface area (Å²) in [7, 11) is -3.68. The molecule has 0 radical (unpaired) electrons. The van der Waals surface area contributed by atoms with Crippen LogP contribution in [0.1, 0.15) is 40.7 Å². The van der Waals surface area contributed by atoms with E-state index < -0.39 is 14.7 Å². The number of aryl methyl sites for hydroxylation is 5. The van der Waals surface area contributed by atoms with Crippen LogP contribution in [-0.2, 0) is 22.7 Å². The summed E-state index contributed by atoms with van der Waals surface area (Å²) >= 11 is 0.